The smallest absolute Gasteiger partial charge is 0.0799 e. The second-order valence-electron chi connectivity index (χ2n) is 5.04. The predicted molar refractivity (Wildman–Crippen MR) is 77.8 cm³/mol. The van der Waals surface area contributed by atoms with Gasteiger partial charge in [-0.15, -0.1) is 0 Å². The van der Waals surface area contributed by atoms with E-state index in [0.717, 1.165) is 35.2 Å². The van der Waals surface area contributed by atoms with E-state index in [1.807, 2.05) is 18.7 Å². The Balaban J connectivity index is 2.74. The van der Waals surface area contributed by atoms with Crippen LogP contribution in [0.5, 0.6) is 0 Å². The zero-order valence-corrected chi connectivity index (χ0v) is 13.3. The average Bonchev–Trinajstić information content (AvgIpc) is 2.56. The molecular weight excluding hydrogens is 294 g/mol. The highest BCUT2D eigenvalue weighted by Gasteiger charge is 2.25. The molecule has 0 saturated heterocycles. The second kappa shape index (κ2) is 6.68. The van der Waals surface area contributed by atoms with Gasteiger partial charge in [0.2, 0.25) is 0 Å². The van der Waals surface area contributed by atoms with Crippen LogP contribution >= 0.6 is 15.9 Å². The van der Waals surface area contributed by atoms with Crippen molar-refractivity contribution >= 4 is 15.9 Å². The van der Waals surface area contributed by atoms with Crippen molar-refractivity contribution in [2.45, 2.75) is 45.6 Å². The number of aromatic nitrogens is 2. The highest BCUT2D eigenvalue weighted by molar-refractivity contribution is 9.10. The molecular formula is C13H24BrN3O. The van der Waals surface area contributed by atoms with Crippen LogP contribution in [-0.2, 0) is 19.9 Å². The molecule has 1 heterocycles. The summed E-state index contributed by atoms with van der Waals surface area (Å²) in [5.74, 6) is 0. The van der Waals surface area contributed by atoms with Gasteiger partial charge in [0, 0.05) is 20.0 Å². The molecule has 1 aromatic heterocycles. The molecule has 1 atom stereocenters. The lowest BCUT2D eigenvalue weighted by Gasteiger charge is -2.24. The number of aryl methyl sites for hydroxylation is 2. The molecule has 2 N–H and O–H groups in total. The molecule has 5 heteroatoms. The fraction of sp³-hybridized carbons (Fsp3) is 0.769. The van der Waals surface area contributed by atoms with E-state index >= 15 is 0 Å². The molecule has 0 fully saturated rings. The fourth-order valence-electron chi connectivity index (χ4n) is 1.97. The zero-order chi connectivity index (χ0) is 13.8. The number of nitrogens with one attached hydrogen (secondary N) is 1. The van der Waals surface area contributed by atoms with Crippen LogP contribution in [0, 0.1) is 0 Å². The van der Waals surface area contributed by atoms with Crippen molar-refractivity contribution in [3.63, 3.8) is 0 Å². The van der Waals surface area contributed by atoms with Gasteiger partial charge >= 0.3 is 0 Å². The zero-order valence-electron chi connectivity index (χ0n) is 11.8. The molecule has 0 saturated carbocycles. The van der Waals surface area contributed by atoms with E-state index in [4.69, 9.17) is 0 Å². The first kappa shape index (κ1) is 15.7. The lowest BCUT2D eigenvalue weighted by molar-refractivity contribution is 0.0583. The van der Waals surface area contributed by atoms with E-state index in [1.54, 1.807) is 0 Å². The van der Waals surface area contributed by atoms with Gasteiger partial charge in [-0.2, -0.15) is 5.10 Å². The number of rotatable bonds is 7. The van der Waals surface area contributed by atoms with Crippen molar-refractivity contribution in [3.8, 4) is 0 Å². The summed E-state index contributed by atoms with van der Waals surface area (Å²) in [6, 6.07) is 0. The van der Waals surface area contributed by atoms with Crippen molar-refractivity contribution in [1.29, 1.82) is 0 Å². The largest absolute Gasteiger partial charge is 0.388 e. The maximum atomic E-state index is 10.4. The molecule has 4 nitrogen and oxygen atoms in total. The first-order valence-electron chi connectivity index (χ1n) is 6.54. The quantitative estimate of drug-likeness (QED) is 0.757. The molecule has 0 aliphatic heterocycles. The topological polar surface area (TPSA) is 50.1 Å². The van der Waals surface area contributed by atoms with Gasteiger partial charge in [0.05, 0.1) is 21.5 Å². The van der Waals surface area contributed by atoms with Crippen LogP contribution in [0.15, 0.2) is 4.47 Å². The first-order chi connectivity index (χ1) is 8.41. The fourth-order valence-corrected chi connectivity index (χ4v) is 2.73. The van der Waals surface area contributed by atoms with Gasteiger partial charge < -0.3 is 10.4 Å². The molecule has 0 bridgehead atoms. The molecule has 1 aromatic rings. The van der Waals surface area contributed by atoms with Crippen LogP contribution < -0.4 is 5.32 Å². The Hall–Kier alpha value is -0.390. The van der Waals surface area contributed by atoms with Crippen molar-refractivity contribution in [2.24, 2.45) is 7.05 Å². The van der Waals surface area contributed by atoms with Gasteiger partial charge in [-0.3, -0.25) is 4.68 Å². The van der Waals surface area contributed by atoms with Crippen LogP contribution in [0.2, 0.25) is 0 Å². The Kier molecular flexibility index (Phi) is 5.82. The predicted octanol–water partition coefficient (Wildman–Crippen LogP) is 2.04. The van der Waals surface area contributed by atoms with Gasteiger partial charge in [0.25, 0.3) is 0 Å². The van der Waals surface area contributed by atoms with Gasteiger partial charge in [-0.25, -0.2) is 0 Å². The Bertz CT molecular complexity index is 388. The van der Waals surface area contributed by atoms with Crippen molar-refractivity contribution in [2.75, 3.05) is 13.1 Å². The van der Waals surface area contributed by atoms with Gasteiger partial charge in [0.15, 0.2) is 0 Å². The van der Waals surface area contributed by atoms with E-state index in [9.17, 15) is 5.11 Å². The summed E-state index contributed by atoms with van der Waals surface area (Å²) >= 11 is 3.58. The van der Waals surface area contributed by atoms with Crippen LogP contribution in [0.4, 0.5) is 0 Å². The number of hydrogen-bond donors (Lipinski definition) is 2. The second-order valence-corrected chi connectivity index (χ2v) is 5.83. The van der Waals surface area contributed by atoms with Crippen molar-refractivity contribution in [1.82, 2.24) is 15.1 Å². The third-order valence-electron chi connectivity index (χ3n) is 2.98. The summed E-state index contributed by atoms with van der Waals surface area (Å²) in [5, 5.41) is 18.1. The SMILES string of the molecule is CCCNCC(C)(O)Cc1c(Br)c(CC)nn1C. The van der Waals surface area contributed by atoms with Crippen LogP contribution in [0.25, 0.3) is 0 Å². The maximum Gasteiger partial charge on any atom is 0.0799 e. The standard InChI is InChI=1S/C13H24BrN3O/c1-5-7-15-9-13(3,18)8-11-12(14)10(6-2)16-17(11)4/h15,18H,5-9H2,1-4H3. The Labute approximate surface area is 118 Å². The molecule has 0 aliphatic carbocycles. The normalized spacial score (nSPS) is 14.8. The number of nitrogens with zero attached hydrogens (tertiary/aromatic N) is 2. The first-order valence-corrected chi connectivity index (χ1v) is 7.34. The molecule has 1 unspecified atom stereocenters. The summed E-state index contributed by atoms with van der Waals surface area (Å²) < 4.78 is 2.89. The minimum absolute atomic E-state index is 0.591. The van der Waals surface area contributed by atoms with Gasteiger partial charge in [-0.1, -0.05) is 13.8 Å². The van der Waals surface area contributed by atoms with Crippen LogP contribution in [-0.4, -0.2) is 33.6 Å². The number of hydrogen-bond acceptors (Lipinski definition) is 3. The van der Waals surface area contributed by atoms with Crippen LogP contribution in [0.1, 0.15) is 38.6 Å². The molecule has 104 valence electrons. The monoisotopic (exact) mass is 317 g/mol. The Morgan fingerprint density at radius 2 is 2.11 bits per heavy atom. The van der Waals surface area contributed by atoms with E-state index in [-0.39, 0.29) is 0 Å². The van der Waals surface area contributed by atoms with Gasteiger partial charge in [-0.05, 0) is 42.2 Å². The highest BCUT2D eigenvalue weighted by atomic mass is 79.9. The average molecular weight is 318 g/mol. The molecule has 18 heavy (non-hydrogen) atoms. The summed E-state index contributed by atoms with van der Waals surface area (Å²) in [6.07, 6.45) is 2.56. The summed E-state index contributed by atoms with van der Waals surface area (Å²) in [4.78, 5) is 0. The van der Waals surface area contributed by atoms with Crippen LogP contribution in [0.3, 0.4) is 0 Å². The van der Waals surface area contributed by atoms with E-state index < -0.39 is 5.60 Å². The number of aliphatic hydroxyl groups is 1. The van der Waals surface area contributed by atoms with E-state index in [2.05, 4.69) is 40.2 Å². The minimum atomic E-state index is -0.753. The minimum Gasteiger partial charge on any atom is -0.388 e. The molecule has 0 aliphatic rings. The highest BCUT2D eigenvalue weighted by Crippen LogP contribution is 2.25. The summed E-state index contributed by atoms with van der Waals surface area (Å²) in [5.41, 5.74) is 1.34. The van der Waals surface area contributed by atoms with Crippen molar-refractivity contribution < 1.29 is 5.11 Å². The molecule has 0 amide bonds. The molecule has 0 aromatic carbocycles. The third-order valence-corrected chi connectivity index (χ3v) is 3.90. The summed E-state index contributed by atoms with van der Waals surface area (Å²) in [6.45, 7) is 7.59. The molecule has 0 spiro atoms. The third kappa shape index (κ3) is 4.07. The maximum absolute atomic E-state index is 10.4. The van der Waals surface area contributed by atoms with E-state index in [0.29, 0.717) is 13.0 Å². The Morgan fingerprint density at radius 3 is 2.61 bits per heavy atom. The summed E-state index contributed by atoms with van der Waals surface area (Å²) in [7, 11) is 1.93. The Morgan fingerprint density at radius 1 is 1.44 bits per heavy atom. The van der Waals surface area contributed by atoms with E-state index in [1.165, 1.54) is 0 Å². The lowest BCUT2D eigenvalue weighted by Crippen LogP contribution is -2.40. The number of halogens is 1. The molecule has 0 radical (unpaired) electrons. The van der Waals surface area contributed by atoms with Crippen molar-refractivity contribution in [3.05, 3.63) is 15.9 Å². The van der Waals surface area contributed by atoms with Gasteiger partial charge in [0.1, 0.15) is 0 Å². The molecule has 1 rings (SSSR count). The lowest BCUT2D eigenvalue weighted by atomic mass is 9.99.